The molecule has 0 heterocycles. The van der Waals surface area contributed by atoms with Crippen molar-refractivity contribution in [1.29, 1.82) is 0 Å². The highest BCUT2D eigenvalue weighted by Gasteiger charge is 2.14. The van der Waals surface area contributed by atoms with E-state index in [1.165, 1.54) is 141 Å². The molecule has 0 atom stereocenters. The molecule has 0 N–H and O–H groups in total. The quantitative estimate of drug-likeness (QED) is 0.0271. The first-order valence-corrected chi connectivity index (χ1v) is 22.3. The minimum absolute atomic E-state index is 0. The number of hydrogen-bond donors (Lipinski definition) is 0. The number of allylic oxidation sites excluding steroid dienone is 4. The van der Waals surface area contributed by atoms with E-state index in [0.717, 1.165) is 68.9 Å². The van der Waals surface area contributed by atoms with Crippen molar-refractivity contribution in [2.75, 3.05) is 40.4 Å². The predicted molar refractivity (Wildman–Crippen MR) is 221 cm³/mol. The standard InChI is InChI=1S/C46H88NO4.ClH/c1-5-7-9-11-13-15-17-19-21-23-25-27-29-31-33-39-45(48)50-43-37-35-41-47(3,4)42-36-38-44-51-46(49)40-34-32-30-28-26-24-22-20-18-16-14-12-10-8-6-2;/h19-22H,5-18,23-44H2,1-4H3;1H/q+1;/p-1/b21-19-,22-20-;. The van der Waals surface area contributed by atoms with Crippen molar-refractivity contribution in [2.45, 2.75) is 219 Å². The lowest BCUT2D eigenvalue weighted by Crippen LogP contribution is -3.00. The van der Waals surface area contributed by atoms with Crippen LogP contribution < -0.4 is 12.4 Å². The number of nitrogens with zero attached hydrogens (tertiary/aromatic N) is 1. The first-order chi connectivity index (χ1) is 24.9. The topological polar surface area (TPSA) is 52.6 Å². The van der Waals surface area contributed by atoms with Crippen LogP contribution >= 0.6 is 0 Å². The second-order valence-corrected chi connectivity index (χ2v) is 15.9. The Hall–Kier alpha value is -1.33. The number of hydrogen-bond acceptors (Lipinski definition) is 4. The van der Waals surface area contributed by atoms with Crippen molar-refractivity contribution in [1.82, 2.24) is 0 Å². The summed E-state index contributed by atoms with van der Waals surface area (Å²) >= 11 is 0. The molecule has 0 saturated carbocycles. The van der Waals surface area contributed by atoms with Crippen molar-refractivity contribution >= 4 is 11.9 Å². The van der Waals surface area contributed by atoms with E-state index in [1.54, 1.807) is 0 Å². The van der Waals surface area contributed by atoms with Gasteiger partial charge in [-0.1, -0.05) is 141 Å². The Morgan fingerprint density at radius 1 is 0.404 bits per heavy atom. The van der Waals surface area contributed by atoms with Gasteiger partial charge in [0.1, 0.15) is 0 Å². The van der Waals surface area contributed by atoms with Gasteiger partial charge in [-0.05, 0) is 89.9 Å². The van der Waals surface area contributed by atoms with Crippen molar-refractivity contribution in [2.24, 2.45) is 0 Å². The molecule has 0 spiro atoms. The number of carbonyl (C=O) groups excluding carboxylic acids is 2. The SMILES string of the molecule is CCCCCCCC/C=C\CCCCCCCC(=O)OCCCC[N+](C)(C)CCCCOC(=O)CCCCCCC/C=C\CCCCCCCC.[Cl-]. The minimum atomic E-state index is -0.0341. The van der Waals surface area contributed by atoms with Crippen molar-refractivity contribution in [3.63, 3.8) is 0 Å². The second-order valence-electron chi connectivity index (χ2n) is 15.9. The van der Waals surface area contributed by atoms with Crippen LogP contribution in [-0.4, -0.2) is 56.8 Å². The predicted octanol–water partition coefficient (Wildman–Crippen LogP) is 10.8. The third-order valence-corrected chi connectivity index (χ3v) is 10.1. The molecule has 5 nitrogen and oxygen atoms in total. The molecule has 0 aliphatic carbocycles. The van der Waals surface area contributed by atoms with Gasteiger partial charge in [0, 0.05) is 12.8 Å². The summed E-state index contributed by atoms with van der Waals surface area (Å²) in [4.78, 5) is 24.2. The van der Waals surface area contributed by atoms with Gasteiger partial charge in [-0.3, -0.25) is 9.59 Å². The number of carbonyl (C=O) groups is 2. The second kappa shape index (κ2) is 42.4. The van der Waals surface area contributed by atoms with Gasteiger partial charge in [-0.15, -0.1) is 0 Å². The van der Waals surface area contributed by atoms with Crippen LogP contribution in [0.15, 0.2) is 24.3 Å². The molecule has 0 saturated heterocycles. The van der Waals surface area contributed by atoms with E-state index in [4.69, 9.17) is 9.47 Å². The van der Waals surface area contributed by atoms with E-state index in [1.807, 2.05) is 0 Å². The molecule has 0 amide bonds. The van der Waals surface area contributed by atoms with Gasteiger partial charge in [0.25, 0.3) is 0 Å². The van der Waals surface area contributed by atoms with Gasteiger partial charge in [0.15, 0.2) is 0 Å². The van der Waals surface area contributed by atoms with Crippen LogP contribution in [0.5, 0.6) is 0 Å². The summed E-state index contributed by atoms with van der Waals surface area (Å²) in [6.07, 6.45) is 47.5. The highest BCUT2D eigenvalue weighted by atomic mass is 35.5. The van der Waals surface area contributed by atoms with Crippen LogP contribution in [0.1, 0.15) is 219 Å². The highest BCUT2D eigenvalue weighted by molar-refractivity contribution is 5.69. The molecule has 0 aliphatic heterocycles. The summed E-state index contributed by atoms with van der Waals surface area (Å²) < 4.78 is 11.9. The number of esters is 2. The molecule has 0 aromatic heterocycles. The fourth-order valence-electron chi connectivity index (χ4n) is 6.59. The molecule has 0 aromatic rings. The number of ether oxygens (including phenoxy) is 2. The van der Waals surface area contributed by atoms with Crippen LogP contribution in [0.4, 0.5) is 0 Å². The lowest BCUT2D eigenvalue weighted by Gasteiger charge is -2.29. The van der Waals surface area contributed by atoms with Crippen molar-refractivity contribution in [3.05, 3.63) is 24.3 Å². The van der Waals surface area contributed by atoms with Crippen molar-refractivity contribution in [3.8, 4) is 0 Å². The fourth-order valence-corrected chi connectivity index (χ4v) is 6.59. The molecule has 0 unspecified atom stereocenters. The summed E-state index contributed by atoms with van der Waals surface area (Å²) in [5.74, 6) is -0.0682. The molecule has 0 radical (unpaired) electrons. The van der Waals surface area contributed by atoms with Gasteiger partial charge in [-0.25, -0.2) is 0 Å². The monoisotopic (exact) mass is 754 g/mol. The number of halogens is 1. The zero-order valence-corrected chi connectivity index (χ0v) is 36.0. The summed E-state index contributed by atoms with van der Waals surface area (Å²) in [6.45, 7) is 7.76. The number of rotatable bonds is 40. The van der Waals surface area contributed by atoms with Crippen LogP contribution in [0.2, 0.25) is 0 Å². The number of quaternary nitrogens is 1. The Kier molecular flexibility index (Phi) is 43.0. The molecule has 6 heteroatoms. The summed E-state index contributed by atoms with van der Waals surface area (Å²) in [6, 6.07) is 0. The summed E-state index contributed by atoms with van der Waals surface area (Å²) in [5, 5.41) is 0. The van der Waals surface area contributed by atoms with Crippen LogP contribution in [0.3, 0.4) is 0 Å². The number of unbranched alkanes of at least 4 members (excludes halogenated alkanes) is 24. The summed E-state index contributed by atoms with van der Waals surface area (Å²) in [5.41, 5.74) is 0. The lowest BCUT2D eigenvalue weighted by atomic mass is 10.1. The molecule has 0 aromatic carbocycles. The first-order valence-electron chi connectivity index (χ1n) is 22.3. The zero-order chi connectivity index (χ0) is 37.4. The first kappa shape index (κ1) is 52.8. The average molecular weight is 755 g/mol. The van der Waals surface area contributed by atoms with E-state index in [-0.39, 0.29) is 24.3 Å². The fraction of sp³-hybridized carbons (Fsp3) is 0.870. The molecule has 308 valence electrons. The normalized spacial score (nSPS) is 11.8. The molecule has 52 heavy (non-hydrogen) atoms. The Morgan fingerprint density at radius 3 is 1.02 bits per heavy atom. The lowest BCUT2D eigenvalue weighted by molar-refractivity contribution is -0.890. The van der Waals surface area contributed by atoms with Crippen molar-refractivity contribution < 1.29 is 36.0 Å². The molecule has 0 fully saturated rings. The molecule has 0 aliphatic rings. The van der Waals surface area contributed by atoms with Crippen LogP contribution in [0, 0.1) is 0 Å². The molecular formula is C46H88ClNO4. The van der Waals surface area contributed by atoms with E-state index >= 15 is 0 Å². The van der Waals surface area contributed by atoms with E-state index in [2.05, 4.69) is 52.2 Å². The zero-order valence-electron chi connectivity index (χ0n) is 35.2. The highest BCUT2D eigenvalue weighted by Crippen LogP contribution is 2.13. The van der Waals surface area contributed by atoms with Crippen LogP contribution in [-0.2, 0) is 19.1 Å². The average Bonchev–Trinajstić information content (AvgIpc) is 3.11. The van der Waals surface area contributed by atoms with E-state index < -0.39 is 0 Å². The van der Waals surface area contributed by atoms with E-state index in [9.17, 15) is 9.59 Å². The molecule has 0 rings (SSSR count). The summed E-state index contributed by atoms with van der Waals surface area (Å²) in [7, 11) is 4.52. The Labute approximate surface area is 330 Å². The maximum absolute atomic E-state index is 12.1. The van der Waals surface area contributed by atoms with Gasteiger partial charge in [0.05, 0.1) is 40.4 Å². The van der Waals surface area contributed by atoms with Gasteiger partial charge >= 0.3 is 11.9 Å². The third-order valence-electron chi connectivity index (χ3n) is 10.1. The van der Waals surface area contributed by atoms with Gasteiger partial charge < -0.3 is 26.4 Å². The Morgan fingerprint density at radius 2 is 0.692 bits per heavy atom. The van der Waals surface area contributed by atoms with E-state index in [0.29, 0.717) is 26.1 Å². The van der Waals surface area contributed by atoms with Crippen LogP contribution in [0.25, 0.3) is 0 Å². The third kappa shape index (κ3) is 43.1. The minimum Gasteiger partial charge on any atom is -1.00 e. The Balaban J connectivity index is 0. The smallest absolute Gasteiger partial charge is 0.305 e. The maximum Gasteiger partial charge on any atom is 0.305 e. The molecular weight excluding hydrogens is 666 g/mol. The van der Waals surface area contributed by atoms with Gasteiger partial charge in [-0.2, -0.15) is 0 Å². The maximum atomic E-state index is 12.1. The largest absolute Gasteiger partial charge is 1.00 e. The Bertz CT molecular complexity index is 748. The van der Waals surface area contributed by atoms with Gasteiger partial charge in [0.2, 0.25) is 0 Å². The molecule has 0 bridgehead atoms.